The van der Waals surface area contributed by atoms with E-state index >= 15 is 0 Å². The molecular weight excluding hydrogens is 360 g/mol. The lowest BCUT2D eigenvalue weighted by molar-refractivity contribution is -0.139. The first-order valence-corrected chi connectivity index (χ1v) is 8.85. The summed E-state index contributed by atoms with van der Waals surface area (Å²) in [5, 5.41) is 14.0. The monoisotopic (exact) mass is 384 g/mol. The maximum atomic E-state index is 12.2. The highest BCUT2D eigenvalue weighted by Crippen LogP contribution is 2.17. The predicted octanol–water partition coefficient (Wildman–Crippen LogP) is 2.37. The minimum atomic E-state index is -1.05. The standard InChI is InChI=1S/C21H24N2O5/c1-13-4-5-17(10-14(13)2)21(27)22-11-19(24)23-15(3)16-6-8-18(9-7-16)28-12-20(25)26/h4-10,15H,11-12H2,1-3H3,(H,22,27)(H,23,24)(H,25,26). The van der Waals surface area contributed by atoms with Crippen molar-refractivity contribution in [3.63, 3.8) is 0 Å². The number of carbonyl (C=O) groups is 3. The maximum absolute atomic E-state index is 12.2. The molecule has 28 heavy (non-hydrogen) atoms. The highest BCUT2D eigenvalue weighted by Gasteiger charge is 2.12. The molecule has 0 heterocycles. The molecule has 1 unspecified atom stereocenters. The summed E-state index contributed by atoms with van der Waals surface area (Å²) in [7, 11) is 0. The molecule has 0 aromatic heterocycles. The molecule has 7 nitrogen and oxygen atoms in total. The molecule has 0 saturated heterocycles. The van der Waals surface area contributed by atoms with Gasteiger partial charge in [-0.3, -0.25) is 9.59 Å². The van der Waals surface area contributed by atoms with E-state index in [9.17, 15) is 14.4 Å². The molecule has 0 fully saturated rings. The summed E-state index contributed by atoms with van der Waals surface area (Å²) >= 11 is 0. The van der Waals surface area contributed by atoms with Crippen LogP contribution in [0.3, 0.4) is 0 Å². The Labute approximate surface area is 163 Å². The number of benzene rings is 2. The Balaban J connectivity index is 1.84. The minimum Gasteiger partial charge on any atom is -0.482 e. The number of carbonyl (C=O) groups excluding carboxylic acids is 2. The van der Waals surface area contributed by atoms with E-state index in [-0.39, 0.29) is 24.4 Å². The third-order valence-electron chi connectivity index (χ3n) is 4.30. The van der Waals surface area contributed by atoms with Crippen LogP contribution in [-0.2, 0) is 9.59 Å². The first-order valence-electron chi connectivity index (χ1n) is 8.85. The molecule has 148 valence electrons. The number of hydrogen-bond donors (Lipinski definition) is 3. The lowest BCUT2D eigenvalue weighted by atomic mass is 10.1. The fraction of sp³-hybridized carbons (Fsp3) is 0.286. The Morgan fingerprint density at radius 2 is 1.71 bits per heavy atom. The van der Waals surface area contributed by atoms with E-state index in [0.717, 1.165) is 16.7 Å². The van der Waals surface area contributed by atoms with Gasteiger partial charge < -0.3 is 20.5 Å². The number of amides is 2. The van der Waals surface area contributed by atoms with Crippen LogP contribution in [0, 0.1) is 13.8 Å². The van der Waals surface area contributed by atoms with Gasteiger partial charge in [0.15, 0.2) is 6.61 Å². The average molecular weight is 384 g/mol. The highest BCUT2D eigenvalue weighted by atomic mass is 16.5. The molecule has 0 radical (unpaired) electrons. The molecule has 0 aliphatic carbocycles. The lowest BCUT2D eigenvalue weighted by Crippen LogP contribution is -2.38. The predicted molar refractivity (Wildman–Crippen MR) is 104 cm³/mol. The Hall–Kier alpha value is -3.35. The zero-order valence-electron chi connectivity index (χ0n) is 16.1. The summed E-state index contributed by atoms with van der Waals surface area (Å²) in [6.07, 6.45) is 0. The van der Waals surface area contributed by atoms with Gasteiger partial charge in [-0.05, 0) is 61.7 Å². The highest BCUT2D eigenvalue weighted by molar-refractivity contribution is 5.96. The second kappa shape index (κ2) is 9.55. The number of aryl methyl sites for hydroxylation is 2. The largest absolute Gasteiger partial charge is 0.482 e. The summed E-state index contributed by atoms with van der Waals surface area (Å²) < 4.78 is 5.07. The van der Waals surface area contributed by atoms with Gasteiger partial charge in [-0.2, -0.15) is 0 Å². The molecule has 0 saturated carbocycles. The smallest absolute Gasteiger partial charge is 0.341 e. The van der Waals surface area contributed by atoms with E-state index in [1.165, 1.54) is 0 Å². The maximum Gasteiger partial charge on any atom is 0.341 e. The van der Waals surface area contributed by atoms with Crippen molar-refractivity contribution in [3.05, 3.63) is 64.7 Å². The molecule has 0 bridgehead atoms. The molecule has 2 rings (SSSR count). The van der Waals surface area contributed by atoms with Crippen LogP contribution in [-0.4, -0.2) is 36.0 Å². The second-order valence-corrected chi connectivity index (χ2v) is 6.52. The summed E-state index contributed by atoms with van der Waals surface area (Å²) in [5.74, 6) is -1.22. The summed E-state index contributed by atoms with van der Waals surface area (Å²) in [6.45, 7) is 5.17. The van der Waals surface area contributed by atoms with E-state index < -0.39 is 12.6 Å². The van der Waals surface area contributed by atoms with Crippen molar-refractivity contribution in [1.82, 2.24) is 10.6 Å². The van der Waals surface area contributed by atoms with Crippen molar-refractivity contribution in [2.45, 2.75) is 26.8 Å². The molecule has 0 spiro atoms. The molecule has 2 aromatic carbocycles. The lowest BCUT2D eigenvalue weighted by Gasteiger charge is -2.15. The Kier molecular flexibility index (Phi) is 7.14. The van der Waals surface area contributed by atoms with Crippen LogP contribution in [0.25, 0.3) is 0 Å². The molecule has 7 heteroatoms. The summed E-state index contributed by atoms with van der Waals surface area (Å²) in [4.78, 5) is 34.8. The van der Waals surface area contributed by atoms with Gasteiger partial charge in [-0.15, -0.1) is 0 Å². The van der Waals surface area contributed by atoms with Crippen molar-refractivity contribution in [2.75, 3.05) is 13.2 Å². The van der Waals surface area contributed by atoms with Gasteiger partial charge in [-0.25, -0.2) is 4.79 Å². The van der Waals surface area contributed by atoms with Crippen LogP contribution in [0.2, 0.25) is 0 Å². The van der Waals surface area contributed by atoms with Crippen LogP contribution >= 0.6 is 0 Å². The first kappa shape index (κ1) is 21.0. The Morgan fingerprint density at radius 3 is 2.32 bits per heavy atom. The zero-order chi connectivity index (χ0) is 20.7. The summed E-state index contributed by atoms with van der Waals surface area (Å²) in [5.41, 5.74) is 3.46. The number of ether oxygens (including phenoxy) is 1. The third kappa shape index (κ3) is 6.12. The van der Waals surface area contributed by atoms with Crippen molar-refractivity contribution < 1.29 is 24.2 Å². The van der Waals surface area contributed by atoms with Crippen LogP contribution < -0.4 is 15.4 Å². The molecule has 0 aliphatic rings. The van der Waals surface area contributed by atoms with E-state index in [1.54, 1.807) is 36.4 Å². The van der Waals surface area contributed by atoms with E-state index in [0.29, 0.717) is 11.3 Å². The first-order chi connectivity index (χ1) is 13.3. The SMILES string of the molecule is Cc1ccc(C(=O)NCC(=O)NC(C)c2ccc(OCC(=O)O)cc2)cc1C. The molecule has 2 amide bonds. The molecule has 1 atom stereocenters. The van der Waals surface area contributed by atoms with Crippen molar-refractivity contribution >= 4 is 17.8 Å². The zero-order valence-corrected chi connectivity index (χ0v) is 16.1. The summed E-state index contributed by atoms with van der Waals surface area (Å²) in [6, 6.07) is 11.9. The van der Waals surface area contributed by atoms with Crippen LogP contribution in [0.5, 0.6) is 5.75 Å². The van der Waals surface area contributed by atoms with Gasteiger partial charge in [0.1, 0.15) is 5.75 Å². The van der Waals surface area contributed by atoms with E-state index in [2.05, 4.69) is 10.6 Å². The van der Waals surface area contributed by atoms with Gasteiger partial charge in [0.05, 0.1) is 12.6 Å². The van der Waals surface area contributed by atoms with Gasteiger partial charge in [0.25, 0.3) is 5.91 Å². The topological polar surface area (TPSA) is 105 Å². The molecule has 2 aromatic rings. The number of nitrogens with one attached hydrogen (secondary N) is 2. The second-order valence-electron chi connectivity index (χ2n) is 6.52. The quantitative estimate of drug-likeness (QED) is 0.648. The van der Waals surface area contributed by atoms with Gasteiger partial charge in [0.2, 0.25) is 5.91 Å². The number of carboxylic acid groups (broad SMARTS) is 1. The van der Waals surface area contributed by atoms with Crippen LogP contribution in [0.1, 0.15) is 40.0 Å². The van der Waals surface area contributed by atoms with Crippen molar-refractivity contribution in [3.8, 4) is 5.75 Å². The van der Waals surface area contributed by atoms with E-state index in [1.807, 2.05) is 26.8 Å². The normalized spacial score (nSPS) is 11.4. The fourth-order valence-electron chi connectivity index (χ4n) is 2.52. The number of hydrogen-bond acceptors (Lipinski definition) is 4. The third-order valence-corrected chi connectivity index (χ3v) is 4.30. The van der Waals surface area contributed by atoms with Crippen molar-refractivity contribution in [1.29, 1.82) is 0 Å². The number of aliphatic carboxylic acids is 1. The number of carboxylic acids is 1. The van der Waals surface area contributed by atoms with Crippen LogP contribution in [0.15, 0.2) is 42.5 Å². The fourth-order valence-corrected chi connectivity index (χ4v) is 2.52. The van der Waals surface area contributed by atoms with Gasteiger partial charge >= 0.3 is 5.97 Å². The van der Waals surface area contributed by atoms with Gasteiger partial charge in [-0.1, -0.05) is 18.2 Å². The molecule has 3 N–H and O–H groups in total. The van der Waals surface area contributed by atoms with Gasteiger partial charge in [0, 0.05) is 5.56 Å². The average Bonchev–Trinajstić information content (AvgIpc) is 2.67. The number of rotatable bonds is 8. The Bertz CT molecular complexity index is 862. The molecule has 0 aliphatic heterocycles. The Morgan fingerprint density at radius 1 is 1.04 bits per heavy atom. The minimum absolute atomic E-state index is 0.129. The van der Waals surface area contributed by atoms with Crippen molar-refractivity contribution in [2.24, 2.45) is 0 Å². The van der Waals surface area contributed by atoms with Crippen LogP contribution in [0.4, 0.5) is 0 Å². The molecular formula is C21H24N2O5. The van der Waals surface area contributed by atoms with E-state index in [4.69, 9.17) is 9.84 Å².